The average Bonchev–Trinajstić information content (AvgIpc) is 3.24. The molecule has 0 aliphatic carbocycles. The second kappa shape index (κ2) is 9.13. The zero-order chi connectivity index (χ0) is 24.5. The minimum atomic E-state index is -0.911. The third-order valence-corrected chi connectivity index (χ3v) is 5.96. The fourth-order valence-electron chi connectivity index (χ4n) is 4.30. The lowest BCUT2D eigenvalue weighted by atomic mass is 9.90. The topological polar surface area (TPSA) is 126 Å². The van der Waals surface area contributed by atoms with Gasteiger partial charge in [-0.3, -0.25) is 14.8 Å². The van der Waals surface area contributed by atoms with Crippen molar-refractivity contribution in [2.45, 2.75) is 12.6 Å². The van der Waals surface area contributed by atoms with Gasteiger partial charge in [-0.2, -0.15) is 5.26 Å². The summed E-state index contributed by atoms with van der Waals surface area (Å²) >= 11 is 0. The number of hydrogen-bond donors (Lipinski definition) is 2. The van der Waals surface area contributed by atoms with Crippen LogP contribution in [0.5, 0.6) is 5.75 Å². The summed E-state index contributed by atoms with van der Waals surface area (Å²) in [4.78, 5) is 22.7. The second-order valence-corrected chi connectivity index (χ2v) is 8.04. The molecule has 10 heteroatoms. The normalized spacial score (nSPS) is 16.9. The number of ether oxygens (including phenoxy) is 2. The predicted octanol–water partition coefficient (Wildman–Crippen LogP) is 2.71. The third kappa shape index (κ3) is 3.97. The van der Waals surface area contributed by atoms with E-state index >= 15 is 0 Å². The van der Waals surface area contributed by atoms with Gasteiger partial charge in [0.15, 0.2) is 17.4 Å². The molecule has 2 aromatic heterocycles. The van der Waals surface area contributed by atoms with Crippen LogP contribution in [0.3, 0.4) is 0 Å². The summed E-state index contributed by atoms with van der Waals surface area (Å²) in [5.74, 6) is -0.360. The number of ketones is 1. The number of rotatable bonds is 3. The number of nitriles is 1. The number of nitrogens with two attached hydrogens (primary N) is 1. The van der Waals surface area contributed by atoms with Crippen LogP contribution in [-0.4, -0.2) is 47.1 Å². The Bertz CT molecular complexity index is 1400. The van der Waals surface area contributed by atoms with Gasteiger partial charge in [0.2, 0.25) is 0 Å². The van der Waals surface area contributed by atoms with Gasteiger partial charge in [0.1, 0.15) is 30.2 Å². The highest BCUT2D eigenvalue weighted by Gasteiger charge is 2.39. The monoisotopic (exact) mass is 472 g/mol. The van der Waals surface area contributed by atoms with Gasteiger partial charge in [0.25, 0.3) is 0 Å². The first kappa shape index (κ1) is 22.5. The van der Waals surface area contributed by atoms with Crippen molar-refractivity contribution in [2.75, 3.05) is 26.0 Å². The molecule has 2 aliphatic rings. The molecule has 2 bridgehead atoms. The molecule has 3 aromatic rings. The molecule has 0 spiro atoms. The second-order valence-electron chi connectivity index (χ2n) is 8.04. The molecule has 0 amide bonds. The lowest BCUT2D eigenvalue weighted by Crippen LogP contribution is -2.43. The van der Waals surface area contributed by atoms with E-state index in [1.807, 2.05) is 0 Å². The Kier molecular flexibility index (Phi) is 5.86. The van der Waals surface area contributed by atoms with Crippen LogP contribution >= 0.6 is 0 Å². The number of nitrogen functional groups attached to an aromatic ring is 1. The van der Waals surface area contributed by atoms with Gasteiger partial charge < -0.3 is 15.2 Å². The first-order chi connectivity index (χ1) is 17.0. The van der Waals surface area contributed by atoms with Crippen LogP contribution in [0.1, 0.15) is 21.5 Å². The molecule has 0 saturated heterocycles. The van der Waals surface area contributed by atoms with Gasteiger partial charge in [-0.05, 0) is 36.4 Å². The Balaban J connectivity index is 1.76. The molecule has 1 atom stereocenters. The third-order valence-electron chi connectivity index (χ3n) is 5.96. The van der Waals surface area contributed by atoms with Crippen LogP contribution in [0.4, 0.5) is 10.2 Å². The molecule has 1 aromatic carbocycles. The first-order valence-electron chi connectivity index (χ1n) is 10.9. The van der Waals surface area contributed by atoms with Crippen LogP contribution in [0.15, 0.2) is 54.5 Å². The standard InChI is InChI=1S/C25H21FN6O3/c1-34-8-7-32-19(11-27)21-14-10-20(25(28)30-12-14)35-13-15-9-16(26)4-5-17(15)22-18(3-2-6-29-22)24(33)23(21)31-32/h2-6,9-10,12,23,31H,7-8,13H2,1H3,(H2,28,30). The molecular weight excluding hydrogens is 451 g/mol. The van der Waals surface area contributed by atoms with Crippen molar-refractivity contribution < 1.29 is 18.7 Å². The van der Waals surface area contributed by atoms with Gasteiger partial charge in [-0.15, -0.1) is 0 Å². The summed E-state index contributed by atoms with van der Waals surface area (Å²) in [5.41, 5.74) is 12.2. The van der Waals surface area contributed by atoms with E-state index in [0.29, 0.717) is 46.7 Å². The van der Waals surface area contributed by atoms with E-state index in [0.717, 1.165) is 0 Å². The number of Topliss-reactive ketones (excluding diaryl/α,β-unsaturated/α-hetero) is 1. The zero-order valence-electron chi connectivity index (χ0n) is 18.8. The lowest BCUT2D eigenvalue weighted by molar-refractivity contribution is 0.0920. The van der Waals surface area contributed by atoms with Crippen LogP contribution in [0, 0.1) is 17.1 Å². The summed E-state index contributed by atoms with van der Waals surface area (Å²) in [5, 5.41) is 11.6. The molecule has 176 valence electrons. The van der Waals surface area contributed by atoms with Crippen LogP contribution in [-0.2, 0) is 11.3 Å². The van der Waals surface area contributed by atoms with E-state index in [1.54, 1.807) is 42.6 Å². The summed E-state index contributed by atoms with van der Waals surface area (Å²) in [7, 11) is 1.56. The Labute approximate surface area is 200 Å². The molecule has 9 nitrogen and oxygen atoms in total. The number of nitrogens with one attached hydrogen (secondary N) is 1. The summed E-state index contributed by atoms with van der Waals surface area (Å²) in [6.45, 7) is 0.636. The summed E-state index contributed by atoms with van der Waals surface area (Å²) in [6.07, 6.45) is 3.07. The number of fused-ring (bicyclic) bond motifs is 7. The molecule has 5 rings (SSSR count). The van der Waals surface area contributed by atoms with Crippen molar-refractivity contribution in [3.8, 4) is 23.1 Å². The fourth-order valence-corrected chi connectivity index (χ4v) is 4.30. The molecule has 0 saturated carbocycles. The van der Waals surface area contributed by atoms with Gasteiger partial charge in [-0.1, -0.05) is 0 Å². The number of allylic oxidation sites excluding steroid dienone is 1. The number of aromatic nitrogens is 2. The van der Waals surface area contributed by atoms with Crippen LogP contribution in [0.25, 0.3) is 16.8 Å². The van der Waals surface area contributed by atoms with Gasteiger partial charge in [0.05, 0.1) is 18.8 Å². The number of hydrogen-bond acceptors (Lipinski definition) is 9. The number of hydrazine groups is 1. The van der Waals surface area contributed by atoms with Crippen molar-refractivity contribution in [2.24, 2.45) is 0 Å². The number of pyridine rings is 2. The Morgan fingerprint density at radius 3 is 2.97 bits per heavy atom. The van der Waals surface area contributed by atoms with E-state index in [1.165, 1.54) is 18.3 Å². The smallest absolute Gasteiger partial charge is 0.188 e. The number of carbonyl (C=O) groups is 1. The summed E-state index contributed by atoms with van der Waals surface area (Å²) in [6, 6.07) is 10.5. The minimum absolute atomic E-state index is 0.0293. The quantitative estimate of drug-likeness (QED) is 0.592. The van der Waals surface area contributed by atoms with E-state index in [4.69, 9.17) is 15.2 Å². The zero-order valence-corrected chi connectivity index (χ0v) is 18.8. The number of nitrogens with zero attached hydrogens (tertiary/aromatic N) is 4. The lowest BCUT2D eigenvalue weighted by Gasteiger charge is -2.22. The highest BCUT2D eigenvalue weighted by Crippen LogP contribution is 2.37. The number of anilines is 1. The van der Waals surface area contributed by atoms with E-state index in [-0.39, 0.29) is 29.7 Å². The van der Waals surface area contributed by atoms with Gasteiger partial charge in [0, 0.05) is 47.3 Å². The summed E-state index contributed by atoms with van der Waals surface area (Å²) < 4.78 is 25.3. The maximum Gasteiger partial charge on any atom is 0.188 e. The van der Waals surface area contributed by atoms with Crippen LogP contribution < -0.4 is 15.9 Å². The molecular formula is C25H21FN6O3. The number of benzene rings is 1. The first-order valence-corrected chi connectivity index (χ1v) is 10.9. The van der Waals surface area contributed by atoms with Gasteiger partial charge >= 0.3 is 0 Å². The number of methoxy groups -OCH3 is 1. The van der Waals surface area contributed by atoms with E-state index < -0.39 is 11.9 Å². The molecule has 1 unspecified atom stereocenters. The largest absolute Gasteiger partial charge is 0.485 e. The minimum Gasteiger partial charge on any atom is -0.485 e. The molecule has 2 aliphatic heterocycles. The highest BCUT2D eigenvalue weighted by molar-refractivity contribution is 6.12. The Morgan fingerprint density at radius 2 is 2.17 bits per heavy atom. The maximum absolute atomic E-state index is 14.2. The fraction of sp³-hybridized carbons (Fsp3) is 0.200. The Hall–Kier alpha value is -4.33. The van der Waals surface area contributed by atoms with E-state index in [2.05, 4.69) is 21.5 Å². The maximum atomic E-state index is 14.2. The molecule has 35 heavy (non-hydrogen) atoms. The van der Waals surface area contributed by atoms with Crippen LogP contribution in [0.2, 0.25) is 0 Å². The number of carbonyl (C=O) groups excluding carboxylic acids is 1. The molecule has 4 heterocycles. The van der Waals surface area contributed by atoms with Crippen molar-refractivity contribution in [3.05, 3.63) is 77.0 Å². The Morgan fingerprint density at radius 1 is 1.31 bits per heavy atom. The van der Waals surface area contributed by atoms with Crippen molar-refractivity contribution in [1.82, 2.24) is 20.4 Å². The number of halogens is 1. The van der Waals surface area contributed by atoms with Crippen molar-refractivity contribution >= 4 is 17.2 Å². The molecule has 0 fully saturated rings. The van der Waals surface area contributed by atoms with Crippen molar-refractivity contribution in [1.29, 1.82) is 5.26 Å². The van der Waals surface area contributed by atoms with Crippen molar-refractivity contribution in [3.63, 3.8) is 0 Å². The highest BCUT2D eigenvalue weighted by atomic mass is 19.1. The predicted molar refractivity (Wildman–Crippen MR) is 125 cm³/mol. The SMILES string of the molecule is COCCN1NC2C(=O)c3cccnc3-c3ccc(F)cc3COc3cc(cnc3N)C2=C1C#N. The van der Waals surface area contributed by atoms with E-state index in [9.17, 15) is 14.4 Å². The van der Waals surface area contributed by atoms with Gasteiger partial charge in [-0.25, -0.2) is 14.8 Å². The molecule has 0 radical (unpaired) electrons. The molecule has 3 N–H and O–H groups in total. The average molecular weight is 472 g/mol.